The van der Waals surface area contributed by atoms with E-state index in [0.29, 0.717) is 0 Å². The van der Waals surface area contributed by atoms with Gasteiger partial charge in [0, 0.05) is 0 Å². The molecule has 1 aromatic carbocycles. The Balaban J connectivity index is 2.44. The molecule has 0 saturated heterocycles. The second-order valence-electron chi connectivity index (χ2n) is 4.45. The molecule has 22 heavy (non-hydrogen) atoms. The number of carbonyl (C=O) groups excluding carboxylic acids is 1. The maximum absolute atomic E-state index is 12.4. The number of methoxy groups -OCH3 is 1. The Labute approximate surface area is 132 Å². The number of benzene rings is 1. The van der Waals surface area contributed by atoms with Crippen molar-refractivity contribution in [3.8, 4) is 0 Å². The molecule has 0 aliphatic carbocycles. The number of nitrogens with one attached hydrogen (secondary N) is 1. The summed E-state index contributed by atoms with van der Waals surface area (Å²) in [4.78, 5) is 11.4. The molecule has 0 aliphatic heterocycles. The fourth-order valence-corrected chi connectivity index (χ4v) is 3.53. The maximum Gasteiger partial charge on any atom is 0.337 e. The van der Waals surface area contributed by atoms with Crippen molar-refractivity contribution in [3.05, 3.63) is 40.2 Å². The molecule has 0 unspecified atom stereocenters. The van der Waals surface area contributed by atoms with Crippen molar-refractivity contribution in [1.82, 2.24) is 5.16 Å². The van der Waals surface area contributed by atoms with E-state index in [0.717, 1.165) is 0 Å². The molecule has 0 aliphatic rings. The minimum atomic E-state index is -3.95. The summed E-state index contributed by atoms with van der Waals surface area (Å²) in [6, 6.07) is 4.13. The van der Waals surface area contributed by atoms with Gasteiger partial charge in [-0.05, 0) is 32.0 Å². The lowest BCUT2D eigenvalue weighted by Gasteiger charge is -2.10. The molecule has 118 valence electrons. The van der Waals surface area contributed by atoms with E-state index in [2.05, 4.69) is 14.6 Å². The number of halogens is 1. The lowest BCUT2D eigenvalue weighted by Crippen LogP contribution is -2.15. The summed E-state index contributed by atoms with van der Waals surface area (Å²) in [7, 11) is -2.72. The zero-order chi connectivity index (χ0) is 16.5. The van der Waals surface area contributed by atoms with Crippen LogP contribution in [0.3, 0.4) is 0 Å². The number of aryl methyl sites for hydroxylation is 2. The van der Waals surface area contributed by atoms with Crippen LogP contribution in [0.15, 0.2) is 27.6 Å². The van der Waals surface area contributed by atoms with Gasteiger partial charge in [-0.2, -0.15) is 0 Å². The quantitative estimate of drug-likeness (QED) is 0.856. The Hall–Kier alpha value is -2.06. The number of hydrogen-bond donors (Lipinski definition) is 1. The highest BCUT2D eigenvalue weighted by Gasteiger charge is 2.25. The molecule has 0 radical (unpaired) electrons. The van der Waals surface area contributed by atoms with E-state index in [1.165, 1.54) is 39.2 Å². The van der Waals surface area contributed by atoms with E-state index < -0.39 is 16.0 Å². The first-order chi connectivity index (χ1) is 10.3. The van der Waals surface area contributed by atoms with Crippen LogP contribution in [0.2, 0.25) is 5.02 Å². The summed E-state index contributed by atoms with van der Waals surface area (Å²) < 4.78 is 36.6. The zero-order valence-electron chi connectivity index (χ0n) is 12.0. The smallest absolute Gasteiger partial charge is 0.337 e. The van der Waals surface area contributed by atoms with Gasteiger partial charge >= 0.3 is 5.97 Å². The van der Waals surface area contributed by atoms with Gasteiger partial charge in [0.25, 0.3) is 10.0 Å². The number of anilines is 1. The molecule has 0 bridgehead atoms. The van der Waals surface area contributed by atoms with Gasteiger partial charge in [-0.1, -0.05) is 16.8 Å². The zero-order valence-corrected chi connectivity index (χ0v) is 13.6. The lowest BCUT2D eigenvalue weighted by atomic mass is 10.2. The van der Waals surface area contributed by atoms with E-state index in [1.54, 1.807) is 0 Å². The second-order valence-corrected chi connectivity index (χ2v) is 6.47. The average molecular weight is 345 g/mol. The van der Waals surface area contributed by atoms with Gasteiger partial charge in [0.2, 0.25) is 0 Å². The largest absolute Gasteiger partial charge is 0.465 e. The molecule has 1 N–H and O–H groups in total. The van der Waals surface area contributed by atoms with Crippen molar-refractivity contribution in [2.75, 3.05) is 11.8 Å². The summed E-state index contributed by atoms with van der Waals surface area (Å²) in [6.45, 7) is 3.00. The fourth-order valence-electron chi connectivity index (χ4n) is 1.90. The minimum Gasteiger partial charge on any atom is -0.465 e. The van der Waals surface area contributed by atoms with Gasteiger partial charge in [0.1, 0.15) is 5.69 Å². The van der Waals surface area contributed by atoms with Crippen molar-refractivity contribution < 1.29 is 22.5 Å². The van der Waals surface area contributed by atoms with Crippen molar-refractivity contribution in [1.29, 1.82) is 0 Å². The van der Waals surface area contributed by atoms with Crippen LogP contribution in [-0.2, 0) is 14.8 Å². The molecule has 0 spiro atoms. The molecule has 2 aromatic rings. The number of ether oxygens (including phenoxy) is 1. The molecular formula is C13H13ClN2O5S. The molecule has 0 saturated carbocycles. The highest BCUT2D eigenvalue weighted by molar-refractivity contribution is 7.92. The Morgan fingerprint density at radius 3 is 2.59 bits per heavy atom. The minimum absolute atomic E-state index is 0.0598. The van der Waals surface area contributed by atoms with Crippen LogP contribution in [0.5, 0.6) is 0 Å². The van der Waals surface area contributed by atoms with Crippen LogP contribution in [0, 0.1) is 13.8 Å². The highest BCUT2D eigenvalue weighted by atomic mass is 35.5. The summed E-state index contributed by atoms with van der Waals surface area (Å²) >= 11 is 5.97. The van der Waals surface area contributed by atoms with Gasteiger partial charge in [-0.25, -0.2) is 13.2 Å². The standard InChI is InChI=1S/C13H13ClN2O5S/c1-7-12(8(2)21-15-7)22(18,19)16-11-6-9(13(17)20-3)4-5-10(11)14/h4-6,16H,1-3H3. The van der Waals surface area contributed by atoms with Crippen molar-refractivity contribution >= 4 is 33.3 Å². The Kier molecular flexibility index (Phi) is 4.43. The van der Waals surface area contributed by atoms with Crippen LogP contribution in [0.25, 0.3) is 0 Å². The van der Waals surface area contributed by atoms with Crippen LogP contribution in [-0.4, -0.2) is 26.7 Å². The van der Waals surface area contributed by atoms with E-state index in [1.807, 2.05) is 0 Å². The van der Waals surface area contributed by atoms with Crippen LogP contribution < -0.4 is 4.72 Å². The van der Waals surface area contributed by atoms with E-state index in [4.69, 9.17) is 16.1 Å². The van der Waals surface area contributed by atoms with Crippen LogP contribution >= 0.6 is 11.6 Å². The summed E-state index contributed by atoms with van der Waals surface area (Å²) in [5, 5.41) is 3.75. The van der Waals surface area contributed by atoms with Crippen molar-refractivity contribution in [3.63, 3.8) is 0 Å². The highest BCUT2D eigenvalue weighted by Crippen LogP contribution is 2.28. The number of hydrogen-bond acceptors (Lipinski definition) is 6. The normalized spacial score (nSPS) is 11.3. The van der Waals surface area contributed by atoms with Gasteiger partial charge in [-0.3, -0.25) is 4.72 Å². The van der Waals surface area contributed by atoms with Crippen LogP contribution in [0.1, 0.15) is 21.8 Å². The van der Waals surface area contributed by atoms with Gasteiger partial charge < -0.3 is 9.26 Å². The summed E-state index contributed by atoms with van der Waals surface area (Å²) in [5.41, 5.74) is 0.457. The maximum atomic E-state index is 12.4. The van der Waals surface area contributed by atoms with Crippen molar-refractivity contribution in [2.45, 2.75) is 18.7 Å². The molecule has 1 aromatic heterocycles. The Bertz CT molecular complexity index is 809. The lowest BCUT2D eigenvalue weighted by molar-refractivity contribution is 0.0601. The van der Waals surface area contributed by atoms with Crippen LogP contribution in [0.4, 0.5) is 5.69 Å². The predicted octanol–water partition coefficient (Wildman–Crippen LogP) is 2.53. The third-order valence-corrected chi connectivity index (χ3v) is 4.81. The molecule has 9 heteroatoms. The fraction of sp³-hybridized carbons (Fsp3) is 0.231. The predicted molar refractivity (Wildman–Crippen MR) is 79.6 cm³/mol. The molecule has 0 fully saturated rings. The first kappa shape index (κ1) is 16.3. The summed E-state index contributed by atoms with van der Waals surface area (Å²) in [6.07, 6.45) is 0. The second kappa shape index (κ2) is 5.98. The number of esters is 1. The Morgan fingerprint density at radius 2 is 2.05 bits per heavy atom. The number of rotatable bonds is 4. The molecule has 1 heterocycles. The first-order valence-electron chi connectivity index (χ1n) is 6.10. The van der Waals surface area contributed by atoms with E-state index >= 15 is 0 Å². The van der Waals surface area contributed by atoms with E-state index in [-0.39, 0.29) is 32.6 Å². The number of sulfonamides is 1. The van der Waals surface area contributed by atoms with E-state index in [9.17, 15) is 13.2 Å². The third-order valence-electron chi connectivity index (χ3n) is 2.87. The number of nitrogens with zero attached hydrogens (tertiary/aromatic N) is 1. The van der Waals surface area contributed by atoms with Gasteiger partial charge in [0.05, 0.1) is 23.4 Å². The third kappa shape index (κ3) is 3.07. The molecule has 2 rings (SSSR count). The molecule has 0 amide bonds. The first-order valence-corrected chi connectivity index (χ1v) is 7.96. The van der Waals surface area contributed by atoms with Gasteiger partial charge in [0.15, 0.2) is 10.7 Å². The topological polar surface area (TPSA) is 98.5 Å². The molecular weight excluding hydrogens is 332 g/mol. The number of carbonyl (C=O) groups is 1. The molecule has 0 atom stereocenters. The average Bonchev–Trinajstić information content (AvgIpc) is 2.80. The summed E-state index contributed by atoms with van der Waals surface area (Å²) in [5.74, 6) is -0.445. The molecule has 7 nitrogen and oxygen atoms in total. The SMILES string of the molecule is COC(=O)c1ccc(Cl)c(NS(=O)(=O)c2c(C)noc2C)c1. The monoisotopic (exact) mass is 344 g/mol. The van der Waals surface area contributed by atoms with Gasteiger partial charge in [-0.15, -0.1) is 0 Å². The Morgan fingerprint density at radius 1 is 1.36 bits per heavy atom. The van der Waals surface area contributed by atoms with Crippen molar-refractivity contribution in [2.24, 2.45) is 0 Å². The number of aromatic nitrogens is 1.